The van der Waals surface area contributed by atoms with Gasteiger partial charge in [0.15, 0.2) is 0 Å². The predicted octanol–water partition coefficient (Wildman–Crippen LogP) is 4.90. The number of allylic oxidation sites excluding steroid dienone is 2. The Hall–Kier alpha value is -3.85. The molecule has 2 aliphatic heterocycles. The van der Waals surface area contributed by atoms with Gasteiger partial charge in [-0.1, -0.05) is 42.5 Å². The molecular formula is C30H36N4O5. The number of ether oxygens (including phenoxy) is 1. The molecule has 9 heteroatoms. The first-order chi connectivity index (χ1) is 18.8. The van der Waals surface area contributed by atoms with Crippen molar-refractivity contribution in [2.24, 2.45) is 10.9 Å². The van der Waals surface area contributed by atoms with Crippen LogP contribution in [-0.2, 0) is 14.3 Å². The van der Waals surface area contributed by atoms with E-state index in [1.807, 2.05) is 13.0 Å². The van der Waals surface area contributed by atoms with Crippen LogP contribution >= 0.6 is 0 Å². The normalized spacial score (nSPS) is 20.3. The highest BCUT2D eigenvalue weighted by molar-refractivity contribution is 6.03. The average Bonchev–Trinajstić information content (AvgIpc) is 2.96. The molecule has 9 nitrogen and oxygen atoms in total. The molecule has 0 saturated carbocycles. The summed E-state index contributed by atoms with van der Waals surface area (Å²) in [6.07, 6.45) is 3.73. The quantitative estimate of drug-likeness (QED) is 0.187. The summed E-state index contributed by atoms with van der Waals surface area (Å²) in [6.45, 7) is 6.86. The molecule has 0 radical (unpaired) electrons. The maximum Gasteiger partial charge on any atom is 0.315 e. The van der Waals surface area contributed by atoms with Gasteiger partial charge in [-0.3, -0.25) is 24.7 Å². The zero-order chi connectivity index (χ0) is 27.9. The summed E-state index contributed by atoms with van der Waals surface area (Å²) < 4.78 is 5.10. The minimum absolute atomic E-state index is 0.0788. The number of aliphatic imine (C=N–C) groups is 1. The molecule has 4 rings (SSSR count). The molecule has 2 atom stereocenters. The number of nitrogens with zero attached hydrogens (tertiary/aromatic N) is 4. The van der Waals surface area contributed by atoms with E-state index in [1.165, 1.54) is 24.8 Å². The van der Waals surface area contributed by atoms with E-state index < -0.39 is 22.7 Å². The molecule has 0 aromatic heterocycles. The number of hydrogen-bond donors (Lipinski definition) is 0. The Bertz CT molecular complexity index is 1250. The third kappa shape index (κ3) is 6.42. The molecule has 39 heavy (non-hydrogen) atoms. The highest BCUT2D eigenvalue weighted by Gasteiger charge is 2.41. The maximum absolute atomic E-state index is 12.9. The molecule has 0 bridgehead atoms. The van der Waals surface area contributed by atoms with Crippen molar-refractivity contribution in [3.05, 3.63) is 87.2 Å². The average molecular weight is 533 g/mol. The van der Waals surface area contributed by atoms with Gasteiger partial charge in [-0.2, -0.15) is 0 Å². The van der Waals surface area contributed by atoms with E-state index in [-0.39, 0.29) is 5.69 Å². The van der Waals surface area contributed by atoms with E-state index in [2.05, 4.69) is 34.2 Å². The lowest BCUT2D eigenvalue weighted by Gasteiger charge is -2.37. The number of nitro benzene ring substituents is 1. The molecule has 0 aliphatic carbocycles. The minimum atomic E-state index is -0.796. The van der Waals surface area contributed by atoms with Gasteiger partial charge in [-0.05, 0) is 69.8 Å². The first kappa shape index (κ1) is 28.2. The van der Waals surface area contributed by atoms with Crippen molar-refractivity contribution >= 4 is 23.8 Å². The van der Waals surface area contributed by atoms with Crippen LogP contribution in [0.25, 0.3) is 0 Å². The van der Waals surface area contributed by atoms with Crippen molar-refractivity contribution < 1.29 is 19.2 Å². The Balaban J connectivity index is 1.50. The fourth-order valence-electron chi connectivity index (χ4n) is 5.93. The van der Waals surface area contributed by atoms with Crippen molar-refractivity contribution in [3.63, 3.8) is 0 Å². The van der Waals surface area contributed by atoms with Crippen molar-refractivity contribution in [2.45, 2.75) is 44.9 Å². The van der Waals surface area contributed by atoms with Crippen LogP contribution < -0.4 is 0 Å². The standard InChI is InChI=1S/C30H36N4O5/c1-21-27(30(36)39-3)28(25-11-7-12-26(19-25)34(37)38)29(22(2)31-21)33(20-35)16-8-15-32-17-13-24(14-18-32)23-9-5-4-6-10-23/h4-7,9-12,19-20,24,27-28H,8,13-18H2,1-3H3. The summed E-state index contributed by atoms with van der Waals surface area (Å²) in [5, 5.41) is 11.5. The second-order valence-corrected chi connectivity index (χ2v) is 10.2. The predicted molar refractivity (Wildman–Crippen MR) is 149 cm³/mol. The number of rotatable bonds is 10. The second-order valence-electron chi connectivity index (χ2n) is 10.2. The van der Waals surface area contributed by atoms with Gasteiger partial charge in [0.1, 0.15) is 5.92 Å². The summed E-state index contributed by atoms with van der Waals surface area (Å²) in [5.74, 6) is -1.35. The van der Waals surface area contributed by atoms with Crippen LogP contribution in [0.3, 0.4) is 0 Å². The van der Waals surface area contributed by atoms with E-state index in [1.54, 1.807) is 24.0 Å². The van der Waals surface area contributed by atoms with Crippen LogP contribution in [0.4, 0.5) is 5.69 Å². The number of carbonyl (C=O) groups excluding carboxylic acids is 2. The molecule has 206 valence electrons. The van der Waals surface area contributed by atoms with E-state index in [4.69, 9.17) is 4.74 Å². The summed E-state index contributed by atoms with van der Waals surface area (Å²) in [5.41, 5.74) is 3.62. The molecule has 2 aromatic rings. The minimum Gasteiger partial charge on any atom is -0.468 e. The van der Waals surface area contributed by atoms with E-state index in [0.29, 0.717) is 35.1 Å². The third-order valence-corrected chi connectivity index (χ3v) is 7.86. The summed E-state index contributed by atoms with van der Waals surface area (Å²) >= 11 is 0. The largest absolute Gasteiger partial charge is 0.468 e. The molecule has 2 aromatic carbocycles. The lowest BCUT2D eigenvalue weighted by molar-refractivity contribution is -0.384. The van der Waals surface area contributed by atoms with Crippen LogP contribution in [0.1, 0.15) is 56.1 Å². The lowest BCUT2D eigenvalue weighted by Crippen LogP contribution is -2.40. The number of likely N-dealkylation sites (tertiary alicyclic amines) is 1. The SMILES string of the molecule is COC(=O)C1C(C)=NC(C)=C(N(C=O)CCCN2CCC(c3ccccc3)CC2)C1c1cccc([N+](=O)[O-])c1. The number of methoxy groups -OCH3 is 1. The van der Waals surface area contributed by atoms with Crippen LogP contribution in [-0.4, -0.2) is 66.1 Å². The number of hydrogen-bond acceptors (Lipinski definition) is 7. The number of nitro groups is 1. The first-order valence-electron chi connectivity index (χ1n) is 13.4. The molecular weight excluding hydrogens is 496 g/mol. The number of amides is 1. The fraction of sp³-hybridized carbons (Fsp3) is 0.433. The first-order valence-corrected chi connectivity index (χ1v) is 13.4. The van der Waals surface area contributed by atoms with Crippen LogP contribution in [0.2, 0.25) is 0 Å². The monoisotopic (exact) mass is 532 g/mol. The van der Waals surface area contributed by atoms with Gasteiger partial charge in [0.25, 0.3) is 5.69 Å². The highest BCUT2D eigenvalue weighted by Crippen LogP contribution is 2.41. The number of piperidine rings is 1. The third-order valence-electron chi connectivity index (χ3n) is 7.86. The van der Waals surface area contributed by atoms with Crippen molar-refractivity contribution in [1.82, 2.24) is 9.80 Å². The topological polar surface area (TPSA) is 105 Å². The lowest BCUT2D eigenvalue weighted by atomic mass is 9.78. The Morgan fingerprint density at radius 1 is 1.13 bits per heavy atom. The fourth-order valence-corrected chi connectivity index (χ4v) is 5.93. The van der Waals surface area contributed by atoms with Crippen molar-refractivity contribution in [1.29, 1.82) is 0 Å². The Kier molecular flexibility index (Phi) is 9.24. The molecule has 1 amide bonds. The van der Waals surface area contributed by atoms with Crippen LogP contribution in [0.15, 0.2) is 71.0 Å². The van der Waals surface area contributed by atoms with Gasteiger partial charge >= 0.3 is 5.97 Å². The molecule has 1 saturated heterocycles. The Morgan fingerprint density at radius 3 is 2.46 bits per heavy atom. The summed E-state index contributed by atoms with van der Waals surface area (Å²) in [7, 11) is 1.31. The van der Waals surface area contributed by atoms with E-state index in [0.717, 1.165) is 45.3 Å². The van der Waals surface area contributed by atoms with Gasteiger partial charge in [0.05, 0.1) is 23.4 Å². The Labute approximate surface area is 229 Å². The van der Waals surface area contributed by atoms with Gasteiger partial charge in [0.2, 0.25) is 6.41 Å². The van der Waals surface area contributed by atoms with Gasteiger partial charge in [-0.15, -0.1) is 0 Å². The molecule has 1 fully saturated rings. The highest BCUT2D eigenvalue weighted by atomic mass is 16.6. The maximum atomic E-state index is 12.9. The number of non-ortho nitro benzene ring substituents is 1. The second kappa shape index (κ2) is 12.8. The van der Waals surface area contributed by atoms with Crippen molar-refractivity contribution in [2.75, 3.05) is 33.3 Å². The van der Waals surface area contributed by atoms with Gasteiger partial charge in [0, 0.05) is 30.3 Å². The molecule has 2 heterocycles. The zero-order valence-corrected chi connectivity index (χ0v) is 22.8. The molecule has 2 aliphatic rings. The number of esters is 1. The van der Waals surface area contributed by atoms with E-state index in [9.17, 15) is 19.7 Å². The zero-order valence-electron chi connectivity index (χ0n) is 22.8. The smallest absolute Gasteiger partial charge is 0.315 e. The van der Waals surface area contributed by atoms with Crippen molar-refractivity contribution in [3.8, 4) is 0 Å². The van der Waals surface area contributed by atoms with Crippen LogP contribution in [0.5, 0.6) is 0 Å². The summed E-state index contributed by atoms with van der Waals surface area (Å²) in [4.78, 5) is 45.0. The number of benzene rings is 2. The molecule has 0 spiro atoms. The molecule has 0 N–H and O–H groups in total. The van der Waals surface area contributed by atoms with E-state index >= 15 is 0 Å². The van der Waals surface area contributed by atoms with Gasteiger partial charge in [-0.25, -0.2) is 0 Å². The summed E-state index contributed by atoms with van der Waals surface area (Å²) in [6, 6.07) is 16.9. The Morgan fingerprint density at radius 2 is 1.82 bits per heavy atom. The van der Waals surface area contributed by atoms with Crippen LogP contribution in [0, 0.1) is 16.0 Å². The number of carbonyl (C=O) groups is 2. The molecule has 2 unspecified atom stereocenters. The van der Waals surface area contributed by atoms with Gasteiger partial charge < -0.3 is 14.5 Å².